The summed E-state index contributed by atoms with van der Waals surface area (Å²) in [6, 6.07) is 15.4. The Morgan fingerprint density at radius 1 is 0.897 bits per heavy atom. The van der Waals surface area contributed by atoms with Gasteiger partial charge in [0.25, 0.3) is 17.7 Å². The van der Waals surface area contributed by atoms with Crippen molar-refractivity contribution in [3.05, 3.63) is 89.4 Å². The molecule has 0 radical (unpaired) electrons. The number of benzene rings is 2. The van der Waals surface area contributed by atoms with Gasteiger partial charge in [-0.25, -0.2) is 4.79 Å². The van der Waals surface area contributed by atoms with Crippen molar-refractivity contribution in [1.82, 2.24) is 5.06 Å². The van der Waals surface area contributed by atoms with Crippen molar-refractivity contribution in [3.63, 3.8) is 0 Å². The summed E-state index contributed by atoms with van der Waals surface area (Å²) in [6.45, 7) is 0. The lowest BCUT2D eigenvalue weighted by Crippen LogP contribution is -2.34. The molecule has 0 atom stereocenters. The van der Waals surface area contributed by atoms with Crippen molar-refractivity contribution < 1.29 is 28.4 Å². The minimum absolute atomic E-state index is 0.00598. The van der Waals surface area contributed by atoms with Crippen LogP contribution in [0.2, 0.25) is 0 Å². The average Bonchev–Trinajstić information content (AvgIpc) is 3.37. The zero-order chi connectivity index (χ0) is 20.5. The number of nitrogens with zero attached hydrogens (tertiary/aromatic N) is 2. The van der Waals surface area contributed by atoms with Gasteiger partial charge >= 0.3 is 5.97 Å². The van der Waals surface area contributed by atoms with Gasteiger partial charge in [-0.15, -0.1) is 0 Å². The molecule has 1 aromatic heterocycles. The highest BCUT2D eigenvalue weighted by Crippen LogP contribution is 2.26. The molecule has 1 aliphatic rings. The summed E-state index contributed by atoms with van der Waals surface area (Å²) in [5.74, 6) is -2.78. The fourth-order valence-electron chi connectivity index (χ4n) is 3.00. The SMILES string of the molecule is CN(C(=O)c1ccco1)c1ccccc1C(=O)ON1C(=O)c2ccccc2C1=O. The minimum Gasteiger partial charge on any atom is -0.459 e. The van der Waals surface area contributed by atoms with E-state index in [4.69, 9.17) is 9.25 Å². The molecule has 0 bridgehead atoms. The lowest BCUT2D eigenvalue weighted by Gasteiger charge is -2.20. The molecule has 144 valence electrons. The lowest BCUT2D eigenvalue weighted by molar-refractivity contribution is -0.0584. The molecule has 2 aromatic carbocycles. The van der Waals surface area contributed by atoms with Crippen molar-refractivity contribution in [3.8, 4) is 0 Å². The number of carbonyl (C=O) groups excluding carboxylic acids is 4. The van der Waals surface area contributed by atoms with Gasteiger partial charge in [-0.05, 0) is 36.4 Å². The first kappa shape index (κ1) is 18.2. The number of carbonyl (C=O) groups is 4. The van der Waals surface area contributed by atoms with Crippen LogP contribution < -0.4 is 4.90 Å². The number of rotatable bonds is 4. The molecule has 0 saturated carbocycles. The van der Waals surface area contributed by atoms with E-state index < -0.39 is 23.7 Å². The molecule has 8 nitrogen and oxygen atoms in total. The molecular weight excluding hydrogens is 376 g/mol. The van der Waals surface area contributed by atoms with Crippen LogP contribution in [0.5, 0.6) is 0 Å². The first-order valence-electron chi connectivity index (χ1n) is 8.59. The van der Waals surface area contributed by atoms with E-state index in [2.05, 4.69) is 0 Å². The predicted octanol–water partition coefficient (Wildman–Crippen LogP) is 2.92. The van der Waals surface area contributed by atoms with Crippen molar-refractivity contribution >= 4 is 29.4 Å². The smallest absolute Gasteiger partial charge is 0.366 e. The summed E-state index contributed by atoms with van der Waals surface area (Å²) in [5.41, 5.74) is 0.550. The largest absolute Gasteiger partial charge is 0.459 e. The maximum absolute atomic E-state index is 12.7. The molecular formula is C21H14N2O6. The first-order valence-corrected chi connectivity index (χ1v) is 8.59. The lowest BCUT2D eigenvalue weighted by atomic mass is 10.1. The standard InChI is InChI=1S/C21H14N2O6/c1-22(20(26)17-11-6-12-28-17)16-10-5-4-9-15(16)21(27)29-23-18(24)13-7-2-3-8-14(13)19(23)25/h2-12H,1H3. The van der Waals surface area contributed by atoms with E-state index in [9.17, 15) is 19.2 Å². The molecule has 1 aliphatic heterocycles. The number of para-hydroxylation sites is 1. The topological polar surface area (TPSA) is 97.1 Å². The number of hydrogen-bond acceptors (Lipinski definition) is 6. The third-order valence-corrected chi connectivity index (χ3v) is 4.45. The fourth-order valence-corrected chi connectivity index (χ4v) is 3.00. The van der Waals surface area contributed by atoms with Crippen molar-refractivity contribution in [2.75, 3.05) is 11.9 Å². The fraction of sp³-hybridized carbons (Fsp3) is 0.0476. The van der Waals surface area contributed by atoms with Crippen LogP contribution in [0.1, 0.15) is 41.6 Å². The average molecular weight is 390 g/mol. The van der Waals surface area contributed by atoms with Gasteiger partial charge in [-0.1, -0.05) is 29.3 Å². The van der Waals surface area contributed by atoms with Crippen LogP contribution in [0.15, 0.2) is 71.3 Å². The Labute approximate surface area is 164 Å². The highest BCUT2D eigenvalue weighted by Gasteiger charge is 2.39. The molecule has 3 aromatic rings. The van der Waals surface area contributed by atoms with Gasteiger partial charge in [0.2, 0.25) is 0 Å². The van der Waals surface area contributed by atoms with Crippen molar-refractivity contribution in [2.45, 2.75) is 0 Å². The Hall–Kier alpha value is -4.20. The van der Waals surface area contributed by atoms with Crippen LogP contribution in [0.25, 0.3) is 0 Å². The predicted molar refractivity (Wildman–Crippen MR) is 100 cm³/mol. The van der Waals surface area contributed by atoms with Crippen LogP contribution in [-0.2, 0) is 4.84 Å². The van der Waals surface area contributed by atoms with Gasteiger partial charge in [-0.2, -0.15) is 0 Å². The molecule has 0 unspecified atom stereocenters. The van der Waals surface area contributed by atoms with E-state index in [1.54, 1.807) is 36.4 Å². The van der Waals surface area contributed by atoms with E-state index in [0.29, 0.717) is 5.06 Å². The maximum atomic E-state index is 12.7. The zero-order valence-electron chi connectivity index (χ0n) is 15.2. The summed E-state index contributed by atoms with van der Waals surface area (Å²) in [5, 5.41) is 0.429. The molecule has 3 amide bonds. The molecule has 0 N–H and O–H groups in total. The number of fused-ring (bicyclic) bond motifs is 1. The number of hydroxylamine groups is 2. The van der Waals surface area contributed by atoms with E-state index in [-0.39, 0.29) is 28.1 Å². The van der Waals surface area contributed by atoms with Gasteiger partial charge in [0.05, 0.1) is 28.6 Å². The third-order valence-electron chi connectivity index (χ3n) is 4.45. The number of anilines is 1. The highest BCUT2D eigenvalue weighted by molar-refractivity contribution is 6.21. The Morgan fingerprint density at radius 3 is 2.14 bits per heavy atom. The minimum atomic E-state index is -0.950. The molecule has 0 saturated heterocycles. The van der Waals surface area contributed by atoms with Gasteiger partial charge in [0.15, 0.2) is 5.76 Å². The Bertz CT molecular complexity index is 1100. The number of imide groups is 1. The van der Waals surface area contributed by atoms with Crippen molar-refractivity contribution in [2.24, 2.45) is 0 Å². The molecule has 4 rings (SSSR count). The monoisotopic (exact) mass is 390 g/mol. The van der Waals surface area contributed by atoms with Crippen LogP contribution in [-0.4, -0.2) is 35.8 Å². The van der Waals surface area contributed by atoms with Gasteiger partial charge < -0.3 is 14.2 Å². The number of hydrogen-bond donors (Lipinski definition) is 0. The molecule has 0 fully saturated rings. The second kappa shape index (κ2) is 7.08. The summed E-state index contributed by atoms with van der Waals surface area (Å²) in [6.07, 6.45) is 1.36. The van der Waals surface area contributed by atoms with Crippen LogP contribution in [0.4, 0.5) is 5.69 Å². The summed E-state index contributed by atoms with van der Waals surface area (Å²) in [4.78, 5) is 56.4. The van der Waals surface area contributed by atoms with E-state index >= 15 is 0 Å². The van der Waals surface area contributed by atoms with Gasteiger partial charge in [-0.3, -0.25) is 14.4 Å². The van der Waals surface area contributed by atoms with Crippen LogP contribution >= 0.6 is 0 Å². The molecule has 0 spiro atoms. The summed E-state index contributed by atoms with van der Waals surface area (Å²) >= 11 is 0. The van der Waals surface area contributed by atoms with Gasteiger partial charge in [0, 0.05) is 7.05 Å². The Kier molecular flexibility index (Phi) is 4.44. The normalized spacial score (nSPS) is 12.7. The quantitative estimate of drug-likeness (QED) is 0.636. The van der Waals surface area contributed by atoms with Crippen LogP contribution in [0.3, 0.4) is 0 Å². The van der Waals surface area contributed by atoms with Crippen LogP contribution in [0, 0.1) is 0 Å². The van der Waals surface area contributed by atoms with E-state index in [0.717, 1.165) is 0 Å². The van der Waals surface area contributed by atoms with E-state index in [1.165, 1.54) is 42.5 Å². The Balaban J connectivity index is 1.60. The summed E-state index contributed by atoms with van der Waals surface area (Å²) in [7, 11) is 1.47. The second-order valence-electron chi connectivity index (χ2n) is 6.19. The molecule has 0 aliphatic carbocycles. The summed E-state index contributed by atoms with van der Waals surface area (Å²) < 4.78 is 5.10. The highest BCUT2D eigenvalue weighted by atomic mass is 16.7. The Morgan fingerprint density at radius 2 is 1.52 bits per heavy atom. The zero-order valence-corrected chi connectivity index (χ0v) is 15.2. The van der Waals surface area contributed by atoms with Gasteiger partial charge in [0.1, 0.15) is 0 Å². The van der Waals surface area contributed by atoms with E-state index in [1.807, 2.05) is 0 Å². The third kappa shape index (κ3) is 3.06. The molecule has 2 heterocycles. The number of furan rings is 1. The molecule has 29 heavy (non-hydrogen) atoms. The van der Waals surface area contributed by atoms with Crippen molar-refractivity contribution in [1.29, 1.82) is 0 Å². The molecule has 8 heteroatoms. The number of amides is 3. The second-order valence-corrected chi connectivity index (χ2v) is 6.19. The maximum Gasteiger partial charge on any atom is 0.366 e. The first-order chi connectivity index (χ1) is 14.0.